The maximum Gasteiger partial charge on any atom is 0.226 e. The van der Waals surface area contributed by atoms with E-state index in [1.807, 2.05) is 18.7 Å². The molecule has 0 radical (unpaired) electrons. The number of amides is 2. The van der Waals surface area contributed by atoms with Crippen molar-refractivity contribution in [1.29, 1.82) is 0 Å². The van der Waals surface area contributed by atoms with Gasteiger partial charge in [0.15, 0.2) is 0 Å². The first-order valence-corrected chi connectivity index (χ1v) is 17.0. The van der Waals surface area contributed by atoms with Gasteiger partial charge in [-0.2, -0.15) is 0 Å². The Kier molecular flexibility index (Phi) is 14.6. The molecule has 0 saturated heterocycles. The molecule has 12 heteroatoms. The normalized spacial score (nSPS) is 28.2. The quantitative estimate of drug-likeness (QED) is 0.192. The summed E-state index contributed by atoms with van der Waals surface area (Å²) in [6.07, 6.45) is 5.02. The second kappa shape index (κ2) is 16.9. The fraction of sp³-hybridized carbons (Fsp3) is 0.867. The van der Waals surface area contributed by atoms with E-state index in [0.29, 0.717) is 32.4 Å². The molecular formula is C30H52F2N4O5S. The molecule has 0 bridgehead atoms. The SMILES string of the molecule is C#CC1CC(C(=O)NC(CC2CC(F)CC(F)C2)C(O)CN(C)NS(=O)(=O)C(C)C)CC(C(=O)N(CCC)CCC)C1. The number of aliphatic hydroxyl groups excluding tert-OH is 1. The molecule has 3 N–H and O–H groups in total. The van der Waals surface area contributed by atoms with Crippen molar-refractivity contribution in [3.8, 4) is 12.3 Å². The first-order chi connectivity index (χ1) is 19.7. The summed E-state index contributed by atoms with van der Waals surface area (Å²) in [5, 5.41) is 14.6. The van der Waals surface area contributed by atoms with Crippen LogP contribution in [0.1, 0.15) is 85.5 Å². The maximum atomic E-state index is 14.2. The third-order valence-corrected chi connectivity index (χ3v) is 10.2. The van der Waals surface area contributed by atoms with E-state index >= 15 is 0 Å². The number of halogens is 2. The van der Waals surface area contributed by atoms with Gasteiger partial charge in [-0.25, -0.2) is 22.2 Å². The van der Waals surface area contributed by atoms with Crippen molar-refractivity contribution in [3.05, 3.63) is 0 Å². The number of likely N-dealkylation sites (N-methyl/N-ethyl adjacent to an activating group) is 1. The first-order valence-electron chi connectivity index (χ1n) is 15.4. The van der Waals surface area contributed by atoms with Gasteiger partial charge in [0.25, 0.3) is 0 Å². The van der Waals surface area contributed by atoms with E-state index in [2.05, 4.69) is 16.1 Å². The number of carbonyl (C=O) groups excluding carboxylic acids is 2. The number of rotatable bonds is 15. The Morgan fingerprint density at radius 1 is 1.00 bits per heavy atom. The second-order valence-corrected chi connectivity index (χ2v) is 14.8. The second-order valence-electron chi connectivity index (χ2n) is 12.5. The van der Waals surface area contributed by atoms with E-state index in [9.17, 15) is 31.9 Å². The van der Waals surface area contributed by atoms with E-state index in [1.54, 1.807) is 0 Å². The van der Waals surface area contributed by atoms with Gasteiger partial charge in [0.1, 0.15) is 12.3 Å². The number of nitrogens with zero attached hydrogens (tertiary/aromatic N) is 2. The van der Waals surface area contributed by atoms with E-state index < -0.39 is 57.5 Å². The zero-order valence-electron chi connectivity index (χ0n) is 25.9. The lowest BCUT2D eigenvalue weighted by atomic mass is 9.74. The number of alkyl halides is 2. The maximum absolute atomic E-state index is 14.2. The predicted octanol–water partition coefficient (Wildman–Crippen LogP) is 3.19. The van der Waals surface area contributed by atoms with Crippen LogP contribution in [0.15, 0.2) is 0 Å². The van der Waals surface area contributed by atoms with Gasteiger partial charge in [-0.1, -0.05) is 13.8 Å². The van der Waals surface area contributed by atoms with Gasteiger partial charge in [-0.3, -0.25) is 9.59 Å². The number of hydrogen-bond acceptors (Lipinski definition) is 6. The molecule has 2 fully saturated rings. The van der Waals surface area contributed by atoms with E-state index in [0.717, 1.165) is 12.8 Å². The molecule has 2 amide bonds. The zero-order valence-corrected chi connectivity index (χ0v) is 26.7. The lowest BCUT2D eigenvalue weighted by molar-refractivity contribution is -0.139. The van der Waals surface area contributed by atoms with Crippen LogP contribution < -0.4 is 10.1 Å². The summed E-state index contributed by atoms with van der Waals surface area (Å²) in [6.45, 7) is 8.17. The largest absolute Gasteiger partial charge is 0.390 e. The predicted molar refractivity (Wildman–Crippen MR) is 160 cm³/mol. The monoisotopic (exact) mass is 618 g/mol. The molecule has 0 aliphatic heterocycles. The van der Waals surface area contributed by atoms with Crippen molar-refractivity contribution >= 4 is 21.8 Å². The third kappa shape index (κ3) is 11.0. The van der Waals surface area contributed by atoms with Crippen LogP contribution in [0.5, 0.6) is 0 Å². The molecule has 2 rings (SSSR count). The minimum Gasteiger partial charge on any atom is -0.390 e. The average Bonchev–Trinajstić information content (AvgIpc) is 2.90. The first kappa shape index (κ1) is 36.4. The Hall–Kier alpha value is -1.81. The number of hydrazine groups is 1. The van der Waals surface area contributed by atoms with Gasteiger partial charge < -0.3 is 15.3 Å². The number of aliphatic hydroxyl groups is 1. The van der Waals surface area contributed by atoms with Gasteiger partial charge in [0.2, 0.25) is 21.8 Å². The highest BCUT2D eigenvalue weighted by Crippen LogP contribution is 2.36. The highest BCUT2D eigenvalue weighted by molar-refractivity contribution is 7.90. The molecule has 9 nitrogen and oxygen atoms in total. The number of sulfonamides is 1. The van der Waals surface area contributed by atoms with Crippen molar-refractivity contribution in [2.75, 3.05) is 26.7 Å². The van der Waals surface area contributed by atoms with Gasteiger partial charge in [0.05, 0.1) is 17.4 Å². The van der Waals surface area contributed by atoms with Crippen molar-refractivity contribution < 1.29 is 31.9 Å². The molecule has 0 heterocycles. The smallest absolute Gasteiger partial charge is 0.226 e. The van der Waals surface area contributed by atoms with Crippen molar-refractivity contribution in [3.63, 3.8) is 0 Å². The van der Waals surface area contributed by atoms with Gasteiger partial charge in [-0.15, -0.1) is 17.2 Å². The molecule has 2 aliphatic rings. The third-order valence-electron chi connectivity index (χ3n) is 8.40. The fourth-order valence-corrected chi connectivity index (χ4v) is 6.94. The topological polar surface area (TPSA) is 119 Å². The standard InChI is InChI=1S/C30H52F2N4O5S/c1-7-10-36(11-8-2)30(39)24-13-21(9-3)12-23(17-24)29(38)33-27(16-22-14-25(31)18-26(32)15-22)28(37)19-35(6)34-42(40,41)20(4)5/h3,20-28,34,37H,7-8,10-19H2,1-2,4-6H3,(H,33,38). The molecule has 0 aromatic carbocycles. The highest BCUT2D eigenvalue weighted by Gasteiger charge is 2.39. The zero-order chi connectivity index (χ0) is 31.6. The summed E-state index contributed by atoms with van der Waals surface area (Å²) in [6, 6.07) is -0.886. The summed E-state index contributed by atoms with van der Waals surface area (Å²) in [5.74, 6) is 0.726. The Balaban J connectivity index is 2.22. The Morgan fingerprint density at radius 2 is 1.57 bits per heavy atom. The van der Waals surface area contributed by atoms with Crippen molar-refractivity contribution in [1.82, 2.24) is 20.1 Å². The van der Waals surface area contributed by atoms with Gasteiger partial charge >= 0.3 is 0 Å². The number of carbonyl (C=O) groups is 2. The molecule has 2 saturated carbocycles. The van der Waals surface area contributed by atoms with Crippen LogP contribution in [0.3, 0.4) is 0 Å². The Morgan fingerprint density at radius 3 is 2.10 bits per heavy atom. The molecule has 0 spiro atoms. The van der Waals surface area contributed by atoms with Gasteiger partial charge in [-0.05, 0) is 71.1 Å². The van der Waals surface area contributed by atoms with E-state index in [4.69, 9.17) is 6.42 Å². The molecule has 7 unspecified atom stereocenters. The molecule has 7 atom stereocenters. The molecular weight excluding hydrogens is 566 g/mol. The summed E-state index contributed by atoms with van der Waals surface area (Å²) >= 11 is 0. The van der Waals surface area contributed by atoms with Gasteiger partial charge in [0, 0.05) is 50.9 Å². The molecule has 242 valence electrons. The summed E-state index contributed by atoms with van der Waals surface area (Å²) in [7, 11) is -2.20. The fourth-order valence-electron chi connectivity index (χ4n) is 6.22. The van der Waals surface area contributed by atoms with E-state index in [-0.39, 0.29) is 50.0 Å². The van der Waals surface area contributed by atoms with Crippen molar-refractivity contribution in [2.24, 2.45) is 23.7 Å². The minimum absolute atomic E-state index is 0.00252. The summed E-state index contributed by atoms with van der Waals surface area (Å²) < 4.78 is 53.0. The summed E-state index contributed by atoms with van der Waals surface area (Å²) in [5.41, 5.74) is 0. The van der Waals surface area contributed by atoms with E-state index in [1.165, 1.54) is 25.9 Å². The minimum atomic E-state index is -3.67. The van der Waals surface area contributed by atoms with Crippen LogP contribution in [-0.2, 0) is 19.6 Å². The van der Waals surface area contributed by atoms with Crippen molar-refractivity contribution in [2.45, 2.75) is 115 Å². The Labute approximate surface area is 251 Å². The molecule has 0 aromatic heterocycles. The molecule has 0 aromatic rings. The Bertz CT molecular complexity index is 1010. The molecule has 42 heavy (non-hydrogen) atoms. The van der Waals surface area contributed by atoms with Crippen LogP contribution in [0.4, 0.5) is 8.78 Å². The summed E-state index contributed by atoms with van der Waals surface area (Å²) in [4.78, 5) is 31.3. The lowest BCUT2D eigenvalue weighted by Crippen LogP contribution is -2.54. The number of terminal acetylenes is 1. The number of nitrogens with one attached hydrogen (secondary N) is 2. The number of hydrogen-bond donors (Lipinski definition) is 3. The van der Waals surface area contributed by atoms with Crippen LogP contribution in [0.2, 0.25) is 0 Å². The van der Waals surface area contributed by atoms with Crippen LogP contribution >= 0.6 is 0 Å². The van der Waals surface area contributed by atoms with Crippen LogP contribution in [0, 0.1) is 36.0 Å². The van der Waals surface area contributed by atoms with Crippen LogP contribution in [-0.4, -0.2) is 91.7 Å². The lowest BCUT2D eigenvalue weighted by Gasteiger charge is -2.37. The molecule has 2 aliphatic carbocycles. The van der Waals surface area contributed by atoms with Crippen LogP contribution in [0.25, 0.3) is 0 Å². The highest BCUT2D eigenvalue weighted by atomic mass is 32.2. The average molecular weight is 619 g/mol.